The van der Waals surface area contributed by atoms with Gasteiger partial charge in [-0.2, -0.15) is 0 Å². The summed E-state index contributed by atoms with van der Waals surface area (Å²) in [5.41, 5.74) is 7.06. The molecule has 0 radical (unpaired) electrons. The molecule has 1 aromatic rings. The molecular weight excluding hydrogens is 176 g/mol. The van der Waals surface area contributed by atoms with Crippen molar-refractivity contribution >= 4 is 0 Å². The van der Waals surface area contributed by atoms with Gasteiger partial charge in [-0.05, 0) is 25.9 Å². The number of aromatic nitrogens is 2. The van der Waals surface area contributed by atoms with Gasteiger partial charge in [-0.1, -0.05) is 0 Å². The smallest absolute Gasteiger partial charge is 0.0946 e. The lowest BCUT2D eigenvalue weighted by Gasteiger charge is -2.26. The van der Waals surface area contributed by atoms with Gasteiger partial charge < -0.3 is 10.3 Å². The van der Waals surface area contributed by atoms with Gasteiger partial charge in [0.2, 0.25) is 0 Å². The van der Waals surface area contributed by atoms with Gasteiger partial charge in [-0.15, -0.1) is 0 Å². The highest BCUT2D eigenvalue weighted by Gasteiger charge is 2.23. The fraction of sp³-hybridized carbons (Fsp3) is 0.700. The number of hydrogen-bond acceptors (Lipinski definition) is 3. The van der Waals surface area contributed by atoms with Gasteiger partial charge in [0.1, 0.15) is 0 Å². The summed E-state index contributed by atoms with van der Waals surface area (Å²) in [6.45, 7) is 3.03. The number of hydrogen-bond donors (Lipinski definition) is 1. The molecule has 2 rings (SSSR count). The molecule has 4 nitrogen and oxygen atoms in total. The van der Waals surface area contributed by atoms with Gasteiger partial charge in [0.05, 0.1) is 18.1 Å². The minimum atomic E-state index is 0.352. The van der Waals surface area contributed by atoms with E-state index in [4.69, 9.17) is 5.73 Å². The molecule has 0 spiro atoms. The molecule has 1 aliphatic rings. The molecule has 1 fully saturated rings. The lowest BCUT2D eigenvalue weighted by atomic mass is 10.2. The lowest BCUT2D eigenvalue weighted by molar-refractivity contribution is 0.243. The Morgan fingerprint density at radius 2 is 2.21 bits per heavy atom. The minimum Gasteiger partial charge on any atom is -0.336 e. The van der Waals surface area contributed by atoms with Crippen LogP contribution in [-0.2, 0) is 7.05 Å². The number of rotatable bonds is 3. The first kappa shape index (κ1) is 9.68. The van der Waals surface area contributed by atoms with Crippen molar-refractivity contribution in [2.24, 2.45) is 12.8 Å². The molecule has 78 valence electrons. The van der Waals surface area contributed by atoms with Crippen LogP contribution in [0.25, 0.3) is 0 Å². The number of aryl methyl sites for hydroxylation is 1. The monoisotopic (exact) mass is 194 g/mol. The molecule has 4 heteroatoms. The number of nitrogens with zero attached hydrogens (tertiary/aromatic N) is 3. The normalized spacial score (nSPS) is 20.1. The van der Waals surface area contributed by atoms with E-state index < -0.39 is 0 Å². The average molecular weight is 194 g/mol. The summed E-state index contributed by atoms with van der Waals surface area (Å²) in [5, 5.41) is 0. The highest BCUT2D eigenvalue weighted by molar-refractivity contribution is 5.06. The molecule has 14 heavy (non-hydrogen) atoms. The van der Waals surface area contributed by atoms with Crippen molar-refractivity contribution < 1.29 is 0 Å². The summed E-state index contributed by atoms with van der Waals surface area (Å²) in [6.07, 6.45) is 6.37. The van der Waals surface area contributed by atoms with Gasteiger partial charge in [-0.25, -0.2) is 4.98 Å². The van der Waals surface area contributed by atoms with E-state index in [1.165, 1.54) is 31.6 Å². The predicted octanol–water partition coefficient (Wildman–Crippen LogP) is 0.516. The first-order valence-corrected chi connectivity index (χ1v) is 5.23. The van der Waals surface area contributed by atoms with E-state index in [2.05, 4.69) is 14.5 Å². The molecule has 1 atom stereocenters. The van der Waals surface area contributed by atoms with E-state index in [1.54, 1.807) is 0 Å². The molecule has 1 saturated heterocycles. The Kier molecular flexibility index (Phi) is 2.84. The van der Waals surface area contributed by atoms with Crippen LogP contribution >= 0.6 is 0 Å². The van der Waals surface area contributed by atoms with E-state index in [1.807, 2.05) is 19.6 Å². The van der Waals surface area contributed by atoms with Crippen molar-refractivity contribution in [2.75, 3.05) is 19.6 Å². The fourth-order valence-electron chi connectivity index (χ4n) is 2.20. The molecule has 1 aliphatic heterocycles. The van der Waals surface area contributed by atoms with Crippen LogP contribution in [0.1, 0.15) is 24.6 Å². The Balaban J connectivity index is 2.16. The van der Waals surface area contributed by atoms with Crippen LogP contribution in [0.3, 0.4) is 0 Å². The van der Waals surface area contributed by atoms with Crippen LogP contribution in [0.4, 0.5) is 0 Å². The topological polar surface area (TPSA) is 47.1 Å². The Labute approximate surface area is 84.7 Å². The first-order valence-electron chi connectivity index (χ1n) is 5.23. The second-order valence-electron chi connectivity index (χ2n) is 3.92. The Bertz CT molecular complexity index is 288. The molecule has 1 aromatic heterocycles. The molecule has 2 heterocycles. The third-order valence-corrected chi connectivity index (χ3v) is 3.00. The molecule has 1 unspecified atom stereocenters. The second kappa shape index (κ2) is 4.11. The maximum Gasteiger partial charge on any atom is 0.0946 e. The Morgan fingerprint density at radius 1 is 1.50 bits per heavy atom. The van der Waals surface area contributed by atoms with E-state index in [9.17, 15) is 0 Å². The number of likely N-dealkylation sites (tertiary alicyclic amines) is 1. The quantitative estimate of drug-likeness (QED) is 0.763. The third kappa shape index (κ3) is 1.67. The fourth-order valence-corrected chi connectivity index (χ4v) is 2.20. The van der Waals surface area contributed by atoms with Crippen molar-refractivity contribution in [3.8, 4) is 0 Å². The molecule has 0 aliphatic carbocycles. The zero-order chi connectivity index (χ0) is 9.97. The molecule has 0 amide bonds. The molecular formula is C10H18N4. The van der Waals surface area contributed by atoms with Crippen molar-refractivity contribution in [1.29, 1.82) is 0 Å². The molecule has 2 N–H and O–H groups in total. The Morgan fingerprint density at radius 3 is 2.71 bits per heavy atom. The summed E-state index contributed by atoms with van der Waals surface area (Å²) >= 11 is 0. The van der Waals surface area contributed by atoms with Crippen molar-refractivity contribution in [2.45, 2.75) is 18.9 Å². The zero-order valence-corrected chi connectivity index (χ0v) is 8.69. The molecule has 0 aromatic carbocycles. The van der Waals surface area contributed by atoms with E-state index in [0.717, 1.165) is 0 Å². The van der Waals surface area contributed by atoms with Gasteiger partial charge in [0, 0.05) is 19.8 Å². The van der Waals surface area contributed by atoms with E-state index in [-0.39, 0.29) is 0 Å². The minimum absolute atomic E-state index is 0.352. The van der Waals surface area contributed by atoms with Crippen LogP contribution in [-0.4, -0.2) is 34.1 Å². The van der Waals surface area contributed by atoms with Gasteiger partial charge in [0.15, 0.2) is 0 Å². The van der Waals surface area contributed by atoms with E-state index in [0.29, 0.717) is 12.6 Å². The standard InChI is InChI=1S/C10H18N4/c1-13-8-12-7-10(13)9(6-11)14-4-2-3-5-14/h7-9H,2-6,11H2,1H3. The summed E-state index contributed by atoms with van der Waals surface area (Å²) in [7, 11) is 2.03. The second-order valence-corrected chi connectivity index (χ2v) is 3.92. The summed E-state index contributed by atoms with van der Waals surface area (Å²) in [6, 6.07) is 0.352. The lowest BCUT2D eigenvalue weighted by Crippen LogP contribution is -2.32. The Hall–Kier alpha value is -0.870. The third-order valence-electron chi connectivity index (χ3n) is 3.00. The predicted molar refractivity (Wildman–Crippen MR) is 55.8 cm³/mol. The van der Waals surface area contributed by atoms with Crippen molar-refractivity contribution in [1.82, 2.24) is 14.5 Å². The number of imidazole rings is 1. The van der Waals surface area contributed by atoms with Gasteiger partial charge in [-0.3, -0.25) is 4.90 Å². The molecule has 0 saturated carbocycles. The molecule has 0 bridgehead atoms. The van der Waals surface area contributed by atoms with Crippen molar-refractivity contribution in [3.05, 3.63) is 18.2 Å². The van der Waals surface area contributed by atoms with Crippen LogP contribution in [0.2, 0.25) is 0 Å². The summed E-state index contributed by atoms with van der Waals surface area (Å²) < 4.78 is 2.07. The SMILES string of the molecule is Cn1cncc1C(CN)N1CCCC1. The average Bonchev–Trinajstić information content (AvgIpc) is 2.80. The largest absolute Gasteiger partial charge is 0.336 e. The number of nitrogens with two attached hydrogens (primary N) is 1. The van der Waals surface area contributed by atoms with Crippen LogP contribution < -0.4 is 5.73 Å². The van der Waals surface area contributed by atoms with Gasteiger partial charge in [0.25, 0.3) is 0 Å². The van der Waals surface area contributed by atoms with Crippen LogP contribution in [0.5, 0.6) is 0 Å². The van der Waals surface area contributed by atoms with Crippen LogP contribution in [0.15, 0.2) is 12.5 Å². The van der Waals surface area contributed by atoms with E-state index >= 15 is 0 Å². The first-order chi connectivity index (χ1) is 6.83. The van der Waals surface area contributed by atoms with Crippen LogP contribution in [0, 0.1) is 0 Å². The van der Waals surface area contributed by atoms with Crippen molar-refractivity contribution in [3.63, 3.8) is 0 Å². The highest BCUT2D eigenvalue weighted by Crippen LogP contribution is 2.23. The summed E-state index contributed by atoms with van der Waals surface area (Å²) in [5.74, 6) is 0. The zero-order valence-electron chi connectivity index (χ0n) is 8.69. The highest BCUT2D eigenvalue weighted by atomic mass is 15.2. The van der Waals surface area contributed by atoms with Gasteiger partial charge >= 0.3 is 0 Å². The summed E-state index contributed by atoms with van der Waals surface area (Å²) in [4.78, 5) is 6.60. The maximum absolute atomic E-state index is 5.83. The maximum atomic E-state index is 5.83.